The topological polar surface area (TPSA) is 63.7 Å². The number of rotatable bonds is 3. The van der Waals surface area contributed by atoms with E-state index in [4.69, 9.17) is 0 Å². The molecule has 3 aromatic rings. The van der Waals surface area contributed by atoms with Crippen molar-refractivity contribution >= 4 is 56.5 Å². The summed E-state index contributed by atoms with van der Waals surface area (Å²) in [5.74, 6) is -1.11. The molecular weight excluding hydrogens is 374 g/mol. The van der Waals surface area contributed by atoms with Gasteiger partial charge in [0.25, 0.3) is 11.1 Å². The molecule has 1 fully saturated rings. The molecule has 2 amide bonds. The normalized spacial score (nSPS) is 16.9. The number of amides is 2. The van der Waals surface area contributed by atoms with E-state index in [2.05, 4.69) is 10.8 Å². The first kappa shape index (κ1) is 18.3. The molecule has 0 radical (unpaired) electrons. The number of hydrogen-bond acceptors (Lipinski definition) is 5. The Labute approximate surface area is 165 Å². The lowest BCUT2D eigenvalue weighted by Crippen LogP contribution is -2.42. The fourth-order valence-electron chi connectivity index (χ4n) is 3.43. The van der Waals surface area contributed by atoms with Crippen molar-refractivity contribution < 1.29 is 19.1 Å². The van der Waals surface area contributed by atoms with Crippen LogP contribution in [0.5, 0.6) is 0 Å². The number of nitrogens with zero attached hydrogens (tertiary/aromatic N) is 1. The second-order valence-corrected chi connectivity index (χ2v) is 7.48. The Balaban J connectivity index is 1.87. The molecule has 0 bridgehead atoms. The Hall–Kier alpha value is -3.12. The molecule has 4 rings (SSSR count). The average molecular weight is 391 g/mol. The van der Waals surface area contributed by atoms with Crippen LogP contribution in [0, 0.1) is 0 Å². The van der Waals surface area contributed by atoms with Crippen LogP contribution in [0.1, 0.15) is 12.5 Å². The van der Waals surface area contributed by atoms with Gasteiger partial charge in [-0.2, -0.15) is 0 Å². The molecule has 140 valence electrons. The van der Waals surface area contributed by atoms with E-state index in [1.54, 1.807) is 6.08 Å². The summed E-state index contributed by atoms with van der Waals surface area (Å²) in [6.45, 7) is 1.48. The smallest absolute Gasteiger partial charge is 0.328 e. The van der Waals surface area contributed by atoms with Gasteiger partial charge in [0.2, 0.25) is 0 Å². The molecular formula is C22H17NO4S. The predicted octanol–water partition coefficient (Wildman–Crippen LogP) is 4.59. The third-order valence-electron chi connectivity index (χ3n) is 4.84. The number of esters is 1. The highest BCUT2D eigenvalue weighted by molar-refractivity contribution is 8.18. The largest absolute Gasteiger partial charge is 0.467 e. The van der Waals surface area contributed by atoms with Gasteiger partial charge in [-0.15, -0.1) is 0 Å². The molecule has 28 heavy (non-hydrogen) atoms. The van der Waals surface area contributed by atoms with Gasteiger partial charge < -0.3 is 4.74 Å². The molecule has 1 aliphatic rings. The van der Waals surface area contributed by atoms with E-state index in [0.717, 1.165) is 43.8 Å². The van der Waals surface area contributed by atoms with E-state index in [1.165, 1.54) is 14.0 Å². The number of carbonyl (C=O) groups excluding carboxylic acids is 3. The molecule has 1 aliphatic heterocycles. The summed E-state index contributed by atoms with van der Waals surface area (Å²) in [7, 11) is 1.23. The fraction of sp³-hybridized carbons (Fsp3) is 0.136. The first-order chi connectivity index (χ1) is 13.5. The monoisotopic (exact) mass is 391 g/mol. The SMILES string of the molecule is COC(=O)[C@H](C)N1C(=O)S/C(=C/c2c3ccccc3cc3ccccc23)C1=O. The van der Waals surface area contributed by atoms with Gasteiger partial charge in [-0.25, -0.2) is 4.79 Å². The van der Waals surface area contributed by atoms with Crippen LogP contribution >= 0.6 is 11.8 Å². The van der Waals surface area contributed by atoms with Crippen LogP contribution in [0.2, 0.25) is 0 Å². The Kier molecular flexibility index (Phi) is 4.65. The van der Waals surface area contributed by atoms with Gasteiger partial charge in [0.15, 0.2) is 0 Å². The number of methoxy groups -OCH3 is 1. The second-order valence-electron chi connectivity index (χ2n) is 6.48. The van der Waals surface area contributed by atoms with Crippen molar-refractivity contribution in [3.8, 4) is 0 Å². The molecule has 1 saturated heterocycles. The summed E-state index contributed by atoms with van der Waals surface area (Å²) in [5.41, 5.74) is 0.880. The Morgan fingerprint density at radius 3 is 2.18 bits per heavy atom. The van der Waals surface area contributed by atoms with E-state index < -0.39 is 23.2 Å². The standard InChI is InChI=1S/C22H17NO4S/c1-13(21(25)27-2)23-20(24)19(28-22(23)26)12-18-16-9-5-3-7-14(16)11-15-8-4-6-10-17(15)18/h3-13H,1-2H3/b19-12+/t13-/m0/s1. The lowest BCUT2D eigenvalue weighted by Gasteiger charge is -2.18. The van der Waals surface area contributed by atoms with Crippen molar-refractivity contribution in [1.29, 1.82) is 0 Å². The zero-order valence-corrected chi connectivity index (χ0v) is 16.2. The number of benzene rings is 3. The number of fused-ring (bicyclic) bond motifs is 2. The van der Waals surface area contributed by atoms with Crippen LogP contribution in [0.25, 0.3) is 27.6 Å². The van der Waals surface area contributed by atoms with E-state index in [-0.39, 0.29) is 0 Å². The van der Waals surface area contributed by atoms with Gasteiger partial charge in [0, 0.05) is 0 Å². The molecule has 0 saturated carbocycles. The van der Waals surface area contributed by atoms with Gasteiger partial charge in [-0.1, -0.05) is 48.5 Å². The maximum atomic E-state index is 12.9. The summed E-state index contributed by atoms with van der Waals surface area (Å²) in [4.78, 5) is 38.3. The molecule has 1 heterocycles. The predicted molar refractivity (Wildman–Crippen MR) is 111 cm³/mol. The maximum Gasteiger partial charge on any atom is 0.328 e. The maximum absolute atomic E-state index is 12.9. The minimum atomic E-state index is -0.965. The first-order valence-electron chi connectivity index (χ1n) is 8.76. The number of carbonyl (C=O) groups is 3. The van der Waals surface area contributed by atoms with Gasteiger partial charge in [0.05, 0.1) is 12.0 Å². The second kappa shape index (κ2) is 7.13. The number of thioether (sulfide) groups is 1. The Morgan fingerprint density at radius 2 is 1.61 bits per heavy atom. The summed E-state index contributed by atoms with van der Waals surface area (Å²) < 4.78 is 4.68. The molecule has 5 nitrogen and oxygen atoms in total. The van der Waals surface area contributed by atoms with Crippen molar-refractivity contribution in [1.82, 2.24) is 4.90 Å². The average Bonchev–Trinajstić information content (AvgIpc) is 2.99. The molecule has 0 aromatic heterocycles. The molecule has 0 spiro atoms. The molecule has 3 aromatic carbocycles. The molecule has 6 heteroatoms. The highest BCUT2D eigenvalue weighted by Crippen LogP contribution is 2.37. The van der Waals surface area contributed by atoms with Gasteiger partial charge in [-0.05, 0) is 57.9 Å². The van der Waals surface area contributed by atoms with Crippen molar-refractivity contribution in [2.24, 2.45) is 0 Å². The summed E-state index contributed by atoms with van der Waals surface area (Å²) in [6.07, 6.45) is 1.75. The van der Waals surface area contributed by atoms with Gasteiger partial charge in [-0.3, -0.25) is 14.5 Å². The summed E-state index contributed by atoms with van der Waals surface area (Å²) >= 11 is 0.841. The molecule has 0 N–H and O–H groups in total. The van der Waals surface area contributed by atoms with E-state index in [0.29, 0.717) is 4.91 Å². The summed E-state index contributed by atoms with van der Waals surface area (Å²) in [5, 5.41) is 3.62. The van der Waals surface area contributed by atoms with Crippen LogP contribution in [-0.2, 0) is 14.3 Å². The van der Waals surface area contributed by atoms with Crippen LogP contribution in [-0.4, -0.2) is 35.2 Å². The van der Waals surface area contributed by atoms with E-state index in [9.17, 15) is 14.4 Å². The third kappa shape index (κ3) is 2.96. The molecule has 0 aliphatic carbocycles. The number of ether oxygens (including phenoxy) is 1. The lowest BCUT2D eigenvalue weighted by molar-refractivity contribution is -0.148. The van der Waals surface area contributed by atoms with Crippen molar-refractivity contribution in [2.75, 3.05) is 7.11 Å². The first-order valence-corrected chi connectivity index (χ1v) is 9.58. The minimum Gasteiger partial charge on any atom is -0.467 e. The third-order valence-corrected chi connectivity index (χ3v) is 5.73. The van der Waals surface area contributed by atoms with E-state index >= 15 is 0 Å². The minimum absolute atomic E-state index is 0.294. The fourth-order valence-corrected chi connectivity index (χ4v) is 4.32. The van der Waals surface area contributed by atoms with Crippen LogP contribution in [0.4, 0.5) is 4.79 Å². The highest BCUT2D eigenvalue weighted by Gasteiger charge is 2.41. The van der Waals surface area contributed by atoms with E-state index in [1.807, 2.05) is 48.5 Å². The van der Waals surface area contributed by atoms with Gasteiger partial charge in [0.1, 0.15) is 6.04 Å². The number of imide groups is 1. The van der Waals surface area contributed by atoms with Crippen LogP contribution < -0.4 is 0 Å². The lowest BCUT2D eigenvalue weighted by atomic mass is 9.96. The highest BCUT2D eigenvalue weighted by atomic mass is 32.2. The van der Waals surface area contributed by atoms with Crippen molar-refractivity contribution in [3.05, 3.63) is 65.1 Å². The molecule has 0 unspecified atom stereocenters. The van der Waals surface area contributed by atoms with Crippen molar-refractivity contribution in [2.45, 2.75) is 13.0 Å². The Bertz CT molecular complexity index is 1110. The zero-order valence-electron chi connectivity index (χ0n) is 15.3. The van der Waals surface area contributed by atoms with Gasteiger partial charge >= 0.3 is 5.97 Å². The summed E-state index contributed by atoms with van der Waals surface area (Å²) in [6, 6.07) is 17.0. The van der Waals surface area contributed by atoms with Crippen molar-refractivity contribution in [3.63, 3.8) is 0 Å². The Morgan fingerprint density at radius 1 is 1.04 bits per heavy atom. The van der Waals surface area contributed by atoms with Crippen LogP contribution in [0.3, 0.4) is 0 Å². The number of hydrogen-bond donors (Lipinski definition) is 0. The van der Waals surface area contributed by atoms with Crippen LogP contribution in [0.15, 0.2) is 59.5 Å². The quantitative estimate of drug-likeness (QED) is 0.371. The molecule has 1 atom stereocenters. The zero-order chi connectivity index (χ0) is 19.8.